The SMILES string of the molecule is CC[C@H](C)NC(=O)[C@@H](C)N(Cc1c(Cl)cccc1Cl)C(=O)CN(c1cc(Cl)cc(Cl)c1)S(C)(=O)=O. The summed E-state index contributed by atoms with van der Waals surface area (Å²) in [5.41, 5.74) is 0.551. The molecular formula is C23H27Cl4N3O4S. The molecule has 0 spiro atoms. The third kappa shape index (κ3) is 8.15. The van der Waals surface area contributed by atoms with Crippen molar-refractivity contribution < 1.29 is 18.0 Å². The van der Waals surface area contributed by atoms with Crippen LogP contribution in [0.1, 0.15) is 32.8 Å². The van der Waals surface area contributed by atoms with Gasteiger partial charge in [-0.15, -0.1) is 0 Å². The molecule has 12 heteroatoms. The number of nitrogens with one attached hydrogen (secondary N) is 1. The Hall–Kier alpha value is -1.71. The average Bonchev–Trinajstić information content (AvgIpc) is 2.75. The number of hydrogen-bond acceptors (Lipinski definition) is 4. The van der Waals surface area contributed by atoms with E-state index in [0.717, 1.165) is 10.6 Å². The average molecular weight is 583 g/mol. The molecule has 0 fully saturated rings. The molecule has 2 atom stereocenters. The first-order valence-corrected chi connectivity index (χ1v) is 14.1. The Kier molecular flexibility index (Phi) is 10.5. The summed E-state index contributed by atoms with van der Waals surface area (Å²) < 4.78 is 26.1. The first-order chi connectivity index (χ1) is 16.2. The number of benzene rings is 2. The van der Waals surface area contributed by atoms with Gasteiger partial charge in [-0.25, -0.2) is 8.42 Å². The van der Waals surface area contributed by atoms with E-state index < -0.39 is 34.4 Å². The zero-order valence-electron chi connectivity index (χ0n) is 19.7. The number of amides is 2. The van der Waals surface area contributed by atoms with Crippen molar-refractivity contribution in [3.8, 4) is 0 Å². The maximum Gasteiger partial charge on any atom is 0.244 e. The van der Waals surface area contributed by atoms with E-state index in [1.165, 1.54) is 23.1 Å². The molecule has 2 amide bonds. The van der Waals surface area contributed by atoms with Crippen molar-refractivity contribution in [3.05, 3.63) is 62.1 Å². The van der Waals surface area contributed by atoms with E-state index in [1.54, 1.807) is 25.1 Å². The highest BCUT2D eigenvalue weighted by atomic mass is 35.5. The van der Waals surface area contributed by atoms with Crippen LogP contribution in [0.3, 0.4) is 0 Å². The van der Waals surface area contributed by atoms with Crippen LogP contribution in [0.5, 0.6) is 0 Å². The van der Waals surface area contributed by atoms with Crippen LogP contribution in [-0.2, 0) is 26.2 Å². The Balaban J connectivity index is 2.48. The highest BCUT2D eigenvalue weighted by Crippen LogP contribution is 2.29. The van der Waals surface area contributed by atoms with E-state index in [0.29, 0.717) is 22.0 Å². The summed E-state index contributed by atoms with van der Waals surface area (Å²) in [7, 11) is -3.92. The van der Waals surface area contributed by atoms with Gasteiger partial charge in [-0.2, -0.15) is 0 Å². The van der Waals surface area contributed by atoms with Crippen LogP contribution in [0.2, 0.25) is 20.1 Å². The second kappa shape index (κ2) is 12.5. The predicted molar refractivity (Wildman–Crippen MR) is 143 cm³/mol. The van der Waals surface area contributed by atoms with Gasteiger partial charge in [0.25, 0.3) is 0 Å². The smallest absolute Gasteiger partial charge is 0.244 e. The lowest BCUT2D eigenvalue weighted by molar-refractivity contribution is -0.139. The van der Waals surface area contributed by atoms with Crippen LogP contribution in [0.25, 0.3) is 0 Å². The van der Waals surface area contributed by atoms with E-state index in [9.17, 15) is 18.0 Å². The number of sulfonamides is 1. The summed E-state index contributed by atoms with van der Waals surface area (Å²) in [5, 5.41) is 3.87. The van der Waals surface area contributed by atoms with E-state index in [1.807, 2.05) is 13.8 Å². The summed E-state index contributed by atoms with van der Waals surface area (Å²) in [5.74, 6) is -1.04. The molecule has 0 heterocycles. The largest absolute Gasteiger partial charge is 0.352 e. The Bertz CT molecular complexity index is 1150. The molecule has 35 heavy (non-hydrogen) atoms. The molecule has 0 saturated carbocycles. The zero-order chi connectivity index (χ0) is 26.5. The minimum absolute atomic E-state index is 0.111. The molecule has 7 nitrogen and oxygen atoms in total. The zero-order valence-corrected chi connectivity index (χ0v) is 23.5. The summed E-state index contributed by atoms with van der Waals surface area (Å²) in [6.45, 7) is 4.61. The minimum atomic E-state index is -3.92. The lowest BCUT2D eigenvalue weighted by Gasteiger charge is -2.32. The normalized spacial score (nSPS) is 13.1. The molecule has 0 aromatic heterocycles. The lowest BCUT2D eigenvalue weighted by Crippen LogP contribution is -2.52. The third-order valence-corrected chi connectivity index (χ3v) is 7.66. The van der Waals surface area contributed by atoms with Crippen molar-refractivity contribution in [1.82, 2.24) is 10.2 Å². The van der Waals surface area contributed by atoms with Crippen molar-refractivity contribution in [2.75, 3.05) is 17.1 Å². The highest BCUT2D eigenvalue weighted by molar-refractivity contribution is 7.92. The molecule has 0 radical (unpaired) electrons. The minimum Gasteiger partial charge on any atom is -0.352 e. The Morgan fingerprint density at radius 2 is 1.54 bits per heavy atom. The molecule has 0 unspecified atom stereocenters. The first kappa shape index (κ1) is 29.5. The molecule has 192 valence electrons. The van der Waals surface area contributed by atoms with Crippen LogP contribution in [0.4, 0.5) is 5.69 Å². The topological polar surface area (TPSA) is 86.8 Å². The fourth-order valence-electron chi connectivity index (χ4n) is 3.20. The summed E-state index contributed by atoms with van der Waals surface area (Å²) >= 11 is 24.8. The Labute approximate surface area is 226 Å². The number of nitrogens with zero attached hydrogens (tertiary/aromatic N) is 2. The molecule has 0 saturated heterocycles. The van der Waals surface area contributed by atoms with Crippen molar-refractivity contribution in [2.24, 2.45) is 0 Å². The van der Waals surface area contributed by atoms with Gasteiger partial charge in [0.15, 0.2) is 0 Å². The second-order valence-corrected chi connectivity index (χ2v) is 11.7. The van der Waals surface area contributed by atoms with Crippen molar-refractivity contribution in [1.29, 1.82) is 0 Å². The maximum atomic E-state index is 13.6. The van der Waals surface area contributed by atoms with E-state index in [2.05, 4.69) is 5.32 Å². The summed E-state index contributed by atoms with van der Waals surface area (Å²) in [6, 6.07) is 8.04. The first-order valence-electron chi connectivity index (χ1n) is 10.7. The Morgan fingerprint density at radius 1 is 1.00 bits per heavy atom. The van der Waals surface area contributed by atoms with Crippen LogP contribution in [0.15, 0.2) is 36.4 Å². The number of rotatable bonds is 10. The lowest BCUT2D eigenvalue weighted by atomic mass is 10.1. The molecule has 2 aromatic carbocycles. The van der Waals surface area contributed by atoms with Gasteiger partial charge in [-0.3, -0.25) is 13.9 Å². The molecule has 2 rings (SSSR count). The van der Waals surface area contributed by atoms with Crippen molar-refractivity contribution in [2.45, 2.75) is 45.8 Å². The van der Waals surface area contributed by atoms with Crippen LogP contribution >= 0.6 is 46.4 Å². The number of anilines is 1. The van der Waals surface area contributed by atoms with Crippen LogP contribution in [-0.4, -0.2) is 50.0 Å². The van der Waals surface area contributed by atoms with Gasteiger partial charge < -0.3 is 10.2 Å². The molecule has 2 aromatic rings. The summed E-state index contributed by atoms with van der Waals surface area (Å²) in [6.07, 6.45) is 1.66. The predicted octanol–water partition coefficient (Wildman–Crippen LogP) is 5.40. The fraction of sp³-hybridized carbons (Fsp3) is 0.391. The molecule has 0 aliphatic heterocycles. The molecule has 0 aliphatic rings. The van der Waals surface area contributed by atoms with Gasteiger partial charge in [0.05, 0.1) is 11.9 Å². The van der Waals surface area contributed by atoms with Gasteiger partial charge in [-0.05, 0) is 50.6 Å². The maximum absolute atomic E-state index is 13.6. The third-order valence-electron chi connectivity index (χ3n) is 5.37. The van der Waals surface area contributed by atoms with Gasteiger partial charge in [0.2, 0.25) is 21.8 Å². The van der Waals surface area contributed by atoms with Crippen molar-refractivity contribution >= 4 is 73.9 Å². The number of carbonyl (C=O) groups excluding carboxylic acids is 2. The number of halogens is 4. The van der Waals surface area contributed by atoms with E-state index in [-0.39, 0.29) is 28.3 Å². The van der Waals surface area contributed by atoms with E-state index in [4.69, 9.17) is 46.4 Å². The van der Waals surface area contributed by atoms with Crippen LogP contribution in [0, 0.1) is 0 Å². The van der Waals surface area contributed by atoms with E-state index >= 15 is 0 Å². The molecule has 0 aliphatic carbocycles. The quantitative estimate of drug-likeness (QED) is 0.406. The van der Waals surface area contributed by atoms with Gasteiger partial charge in [-0.1, -0.05) is 59.4 Å². The van der Waals surface area contributed by atoms with Gasteiger partial charge >= 0.3 is 0 Å². The van der Waals surface area contributed by atoms with Gasteiger partial charge in [0, 0.05) is 38.2 Å². The second-order valence-electron chi connectivity index (χ2n) is 8.11. The van der Waals surface area contributed by atoms with Crippen molar-refractivity contribution in [3.63, 3.8) is 0 Å². The molecular weight excluding hydrogens is 556 g/mol. The number of carbonyl (C=O) groups is 2. The van der Waals surface area contributed by atoms with Crippen LogP contribution < -0.4 is 9.62 Å². The molecule has 0 bridgehead atoms. The standard InChI is InChI=1S/C23H27Cl4N3O4S/c1-5-14(2)28-23(32)15(3)29(12-19-20(26)7-6-8-21(19)27)22(31)13-30(35(4,33)34)18-10-16(24)9-17(25)11-18/h6-11,14-15H,5,12-13H2,1-4H3,(H,28,32)/t14-,15+/m0/s1. The summed E-state index contributed by atoms with van der Waals surface area (Å²) in [4.78, 5) is 27.7. The fourth-order valence-corrected chi connectivity index (χ4v) is 5.06. The monoisotopic (exact) mass is 581 g/mol. The number of hydrogen-bond donors (Lipinski definition) is 1. The van der Waals surface area contributed by atoms with Gasteiger partial charge in [0.1, 0.15) is 12.6 Å². The highest BCUT2D eigenvalue weighted by Gasteiger charge is 2.31. The Morgan fingerprint density at radius 3 is 2.03 bits per heavy atom. The molecule has 1 N–H and O–H groups in total.